The molecule has 2 aromatic rings. The van der Waals surface area contributed by atoms with Crippen LogP contribution in [0.25, 0.3) is 0 Å². The summed E-state index contributed by atoms with van der Waals surface area (Å²) in [6, 6.07) is 6.05. The van der Waals surface area contributed by atoms with Crippen LogP contribution in [-0.2, 0) is 0 Å². The first-order valence-corrected chi connectivity index (χ1v) is 7.94. The summed E-state index contributed by atoms with van der Waals surface area (Å²) >= 11 is 1.67. The fourth-order valence-electron chi connectivity index (χ4n) is 2.28. The minimum atomic E-state index is 0.0957. The molecule has 1 aromatic heterocycles. The zero-order valence-electron chi connectivity index (χ0n) is 13.0. The molecular formula is C16H22N2O2S. The Balaban J connectivity index is 2.43. The topological polar surface area (TPSA) is 43.4 Å². The van der Waals surface area contributed by atoms with Crippen LogP contribution in [0.2, 0.25) is 0 Å². The van der Waals surface area contributed by atoms with Crippen LogP contribution in [0, 0.1) is 6.92 Å². The van der Waals surface area contributed by atoms with Gasteiger partial charge in [-0.3, -0.25) is 0 Å². The van der Waals surface area contributed by atoms with Gasteiger partial charge in [0.25, 0.3) is 0 Å². The van der Waals surface area contributed by atoms with Gasteiger partial charge < -0.3 is 14.8 Å². The minimum absolute atomic E-state index is 0.0957. The fourth-order valence-corrected chi connectivity index (χ4v) is 3.17. The number of aryl methyl sites for hydroxylation is 1. The van der Waals surface area contributed by atoms with Crippen LogP contribution < -0.4 is 14.8 Å². The molecule has 4 nitrogen and oxygen atoms in total. The average molecular weight is 306 g/mol. The molecule has 1 N–H and O–H groups in total. The van der Waals surface area contributed by atoms with Crippen LogP contribution in [0.15, 0.2) is 23.7 Å². The van der Waals surface area contributed by atoms with Crippen molar-refractivity contribution in [1.29, 1.82) is 0 Å². The van der Waals surface area contributed by atoms with Crippen LogP contribution in [-0.4, -0.2) is 25.7 Å². The summed E-state index contributed by atoms with van der Waals surface area (Å²) in [5.74, 6) is 1.63. The van der Waals surface area contributed by atoms with E-state index in [2.05, 4.69) is 23.3 Å². The SMILES string of the molecule is CCCNC(c1ccc(OC)cc1OC)c1scnc1C. The number of ether oxygens (including phenoxy) is 2. The highest BCUT2D eigenvalue weighted by molar-refractivity contribution is 7.09. The second kappa shape index (κ2) is 7.43. The van der Waals surface area contributed by atoms with Gasteiger partial charge >= 0.3 is 0 Å². The predicted octanol–water partition coefficient (Wildman–Crippen LogP) is 3.56. The highest BCUT2D eigenvalue weighted by atomic mass is 32.1. The molecule has 1 unspecified atom stereocenters. The Morgan fingerprint density at radius 2 is 2.10 bits per heavy atom. The summed E-state index contributed by atoms with van der Waals surface area (Å²) in [6.45, 7) is 5.15. The number of hydrogen-bond donors (Lipinski definition) is 1. The van der Waals surface area contributed by atoms with E-state index in [4.69, 9.17) is 9.47 Å². The van der Waals surface area contributed by atoms with Gasteiger partial charge in [0.2, 0.25) is 0 Å². The van der Waals surface area contributed by atoms with Crippen molar-refractivity contribution in [3.05, 3.63) is 39.8 Å². The number of benzene rings is 1. The van der Waals surface area contributed by atoms with E-state index in [-0.39, 0.29) is 6.04 Å². The molecule has 0 aliphatic rings. The van der Waals surface area contributed by atoms with E-state index in [9.17, 15) is 0 Å². The highest BCUT2D eigenvalue weighted by Crippen LogP contribution is 2.35. The fraction of sp³-hybridized carbons (Fsp3) is 0.438. The number of aromatic nitrogens is 1. The number of nitrogens with one attached hydrogen (secondary N) is 1. The lowest BCUT2D eigenvalue weighted by Crippen LogP contribution is -2.23. The molecule has 0 saturated heterocycles. The van der Waals surface area contributed by atoms with E-state index in [0.717, 1.165) is 35.7 Å². The molecule has 0 saturated carbocycles. The van der Waals surface area contributed by atoms with E-state index >= 15 is 0 Å². The molecule has 1 heterocycles. The lowest BCUT2D eigenvalue weighted by atomic mass is 10.0. The third kappa shape index (κ3) is 3.54. The second-order valence-corrected chi connectivity index (χ2v) is 5.68. The van der Waals surface area contributed by atoms with E-state index in [0.29, 0.717) is 0 Å². The first kappa shape index (κ1) is 15.8. The number of rotatable bonds is 7. The summed E-state index contributed by atoms with van der Waals surface area (Å²) in [6.07, 6.45) is 1.08. The molecular weight excluding hydrogens is 284 g/mol. The molecule has 0 bridgehead atoms. The van der Waals surface area contributed by atoms with Gasteiger partial charge in [-0.1, -0.05) is 6.92 Å². The Morgan fingerprint density at radius 3 is 2.67 bits per heavy atom. The summed E-state index contributed by atoms with van der Waals surface area (Å²) in [5.41, 5.74) is 4.06. The van der Waals surface area contributed by atoms with Crippen molar-refractivity contribution in [2.75, 3.05) is 20.8 Å². The van der Waals surface area contributed by atoms with Crippen molar-refractivity contribution in [3.8, 4) is 11.5 Å². The Bertz CT molecular complexity index is 583. The van der Waals surface area contributed by atoms with E-state index in [1.54, 1.807) is 25.6 Å². The molecule has 0 radical (unpaired) electrons. The Labute approximate surface area is 130 Å². The third-order valence-electron chi connectivity index (χ3n) is 3.39. The van der Waals surface area contributed by atoms with E-state index in [1.807, 2.05) is 24.6 Å². The number of hydrogen-bond acceptors (Lipinski definition) is 5. The van der Waals surface area contributed by atoms with Crippen LogP contribution in [0.5, 0.6) is 11.5 Å². The van der Waals surface area contributed by atoms with Gasteiger partial charge in [-0.2, -0.15) is 0 Å². The molecule has 0 fully saturated rings. The van der Waals surface area contributed by atoms with Gasteiger partial charge in [0, 0.05) is 16.5 Å². The van der Waals surface area contributed by atoms with Crippen LogP contribution in [0.3, 0.4) is 0 Å². The normalized spacial score (nSPS) is 12.2. The van der Waals surface area contributed by atoms with Crippen molar-refractivity contribution >= 4 is 11.3 Å². The van der Waals surface area contributed by atoms with Gasteiger partial charge in [-0.15, -0.1) is 11.3 Å². The minimum Gasteiger partial charge on any atom is -0.497 e. The van der Waals surface area contributed by atoms with Gasteiger partial charge in [0.15, 0.2) is 0 Å². The maximum absolute atomic E-state index is 5.55. The maximum atomic E-state index is 5.55. The molecule has 21 heavy (non-hydrogen) atoms. The van der Waals surface area contributed by atoms with Crippen molar-refractivity contribution < 1.29 is 9.47 Å². The summed E-state index contributed by atoms with van der Waals surface area (Å²) in [5, 5.41) is 3.59. The second-order valence-electron chi connectivity index (χ2n) is 4.80. The molecule has 0 amide bonds. The molecule has 1 aromatic carbocycles. The number of thiazole rings is 1. The lowest BCUT2D eigenvalue weighted by molar-refractivity contribution is 0.387. The molecule has 114 valence electrons. The maximum Gasteiger partial charge on any atom is 0.127 e. The number of nitrogens with zero attached hydrogens (tertiary/aromatic N) is 1. The van der Waals surface area contributed by atoms with Crippen molar-refractivity contribution in [3.63, 3.8) is 0 Å². The van der Waals surface area contributed by atoms with Crippen molar-refractivity contribution in [2.24, 2.45) is 0 Å². The van der Waals surface area contributed by atoms with Crippen LogP contribution in [0.1, 0.15) is 35.5 Å². The standard InChI is InChI=1S/C16H22N2O2S/c1-5-8-17-15(16-11(2)18-10-21-16)13-7-6-12(19-3)9-14(13)20-4/h6-7,9-10,15,17H,5,8H2,1-4H3. The summed E-state index contributed by atoms with van der Waals surface area (Å²) < 4.78 is 10.8. The highest BCUT2D eigenvalue weighted by Gasteiger charge is 2.21. The molecule has 0 aliphatic carbocycles. The predicted molar refractivity (Wildman–Crippen MR) is 86.5 cm³/mol. The Hall–Kier alpha value is -1.59. The quantitative estimate of drug-likeness (QED) is 0.849. The summed E-state index contributed by atoms with van der Waals surface area (Å²) in [4.78, 5) is 5.60. The smallest absolute Gasteiger partial charge is 0.127 e. The van der Waals surface area contributed by atoms with E-state index < -0.39 is 0 Å². The Morgan fingerprint density at radius 1 is 1.29 bits per heavy atom. The van der Waals surface area contributed by atoms with Crippen LogP contribution >= 0.6 is 11.3 Å². The van der Waals surface area contributed by atoms with Gasteiger partial charge in [-0.05, 0) is 32.0 Å². The van der Waals surface area contributed by atoms with Gasteiger partial charge in [0.1, 0.15) is 11.5 Å². The molecule has 5 heteroatoms. The average Bonchev–Trinajstić information content (AvgIpc) is 2.94. The molecule has 2 rings (SSSR count). The monoisotopic (exact) mass is 306 g/mol. The molecule has 0 spiro atoms. The zero-order valence-corrected chi connectivity index (χ0v) is 13.8. The molecule has 1 atom stereocenters. The van der Waals surface area contributed by atoms with Gasteiger partial charge in [0.05, 0.1) is 31.5 Å². The zero-order chi connectivity index (χ0) is 15.2. The van der Waals surface area contributed by atoms with Gasteiger partial charge in [-0.25, -0.2) is 4.98 Å². The largest absolute Gasteiger partial charge is 0.497 e. The van der Waals surface area contributed by atoms with Crippen molar-refractivity contribution in [2.45, 2.75) is 26.3 Å². The van der Waals surface area contributed by atoms with Crippen molar-refractivity contribution in [1.82, 2.24) is 10.3 Å². The third-order valence-corrected chi connectivity index (χ3v) is 4.39. The lowest BCUT2D eigenvalue weighted by Gasteiger charge is -2.21. The first-order chi connectivity index (χ1) is 10.2. The Kier molecular flexibility index (Phi) is 5.59. The van der Waals surface area contributed by atoms with E-state index in [1.165, 1.54) is 4.88 Å². The number of methoxy groups -OCH3 is 2. The summed E-state index contributed by atoms with van der Waals surface area (Å²) in [7, 11) is 3.35. The first-order valence-electron chi connectivity index (χ1n) is 7.06. The molecule has 0 aliphatic heterocycles. The van der Waals surface area contributed by atoms with Crippen LogP contribution in [0.4, 0.5) is 0 Å².